The largest absolute Gasteiger partial charge is 0.444 e. The molecule has 22 heavy (non-hydrogen) atoms. The van der Waals surface area contributed by atoms with E-state index in [1.807, 2.05) is 17.5 Å². The van der Waals surface area contributed by atoms with E-state index < -0.39 is 17.7 Å². The number of ether oxygens (including phenoxy) is 1. The highest BCUT2D eigenvalue weighted by Crippen LogP contribution is 2.13. The monoisotopic (exact) mass is 324 g/mol. The zero-order valence-electron chi connectivity index (χ0n) is 13.6. The molecule has 0 aliphatic carbocycles. The average Bonchev–Trinajstić information content (AvgIpc) is 2.87. The normalized spacial score (nSPS) is 12.4. The highest BCUT2D eigenvalue weighted by molar-refractivity contribution is 7.09. The van der Waals surface area contributed by atoms with Gasteiger partial charge in [0.05, 0.1) is 6.54 Å². The first-order valence-corrected chi connectivity index (χ1v) is 8.02. The van der Waals surface area contributed by atoms with E-state index in [2.05, 4.69) is 11.9 Å². The van der Waals surface area contributed by atoms with Gasteiger partial charge in [0.25, 0.3) is 0 Å². The van der Waals surface area contributed by atoms with Crippen LogP contribution in [0.1, 0.15) is 32.6 Å². The smallest absolute Gasteiger partial charge is 0.408 e. The third-order valence-electron chi connectivity index (χ3n) is 2.69. The molecule has 5 nitrogen and oxygen atoms in total. The summed E-state index contributed by atoms with van der Waals surface area (Å²) >= 11 is 1.59. The number of amides is 2. The van der Waals surface area contributed by atoms with Crippen molar-refractivity contribution in [3.63, 3.8) is 0 Å². The average molecular weight is 324 g/mol. The van der Waals surface area contributed by atoms with Gasteiger partial charge in [0, 0.05) is 11.4 Å². The fourth-order valence-corrected chi connectivity index (χ4v) is 2.52. The Morgan fingerprint density at radius 3 is 2.68 bits per heavy atom. The third-order valence-corrected chi connectivity index (χ3v) is 3.55. The molecule has 0 radical (unpaired) electrons. The predicted molar refractivity (Wildman–Crippen MR) is 88.8 cm³/mol. The Kier molecular flexibility index (Phi) is 6.61. The minimum absolute atomic E-state index is 0.167. The Balaban J connectivity index is 2.64. The summed E-state index contributed by atoms with van der Waals surface area (Å²) in [4.78, 5) is 27.0. The van der Waals surface area contributed by atoms with Crippen LogP contribution in [0.15, 0.2) is 30.2 Å². The molecule has 0 bridgehead atoms. The van der Waals surface area contributed by atoms with Crippen molar-refractivity contribution in [2.45, 2.75) is 45.9 Å². The summed E-state index contributed by atoms with van der Waals surface area (Å²) in [7, 11) is 0. The number of hydrogen-bond acceptors (Lipinski definition) is 4. The van der Waals surface area contributed by atoms with Crippen LogP contribution in [0.5, 0.6) is 0 Å². The van der Waals surface area contributed by atoms with Gasteiger partial charge in [-0.05, 0) is 39.1 Å². The van der Waals surface area contributed by atoms with Crippen molar-refractivity contribution in [1.82, 2.24) is 10.2 Å². The molecular weight excluding hydrogens is 300 g/mol. The molecule has 0 saturated heterocycles. The summed E-state index contributed by atoms with van der Waals surface area (Å²) in [5, 5.41) is 4.54. The molecule has 0 aromatic carbocycles. The molecule has 1 heterocycles. The number of alkyl carbamates (subject to hydrolysis) is 1. The standard InChI is InChI=1S/C16H24N2O3S/c1-6-9-18(11-13-8-7-10-22-13)14(19)12(2)17-15(20)21-16(3,4)5/h6-8,10,12H,1,9,11H2,2-5H3,(H,17,20). The molecule has 6 heteroatoms. The minimum atomic E-state index is -0.658. The minimum Gasteiger partial charge on any atom is -0.444 e. The molecule has 122 valence electrons. The lowest BCUT2D eigenvalue weighted by Crippen LogP contribution is -2.47. The summed E-state index contributed by atoms with van der Waals surface area (Å²) in [5.41, 5.74) is -0.593. The molecule has 1 rings (SSSR count). The Morgan fingerprint density at radius 2 is 2.18 bits per heavy atom. The maximum Gasteiger partial charge on any atom is 0.408 e. The maximum absolute atomic E-state index is 12.5. The van der Waals surface area contributed by atoms with Crippen LogP contribution < -0.4 is 5.32 Å². The Hall–Kier alpha value is -1.82. The molecule has 0 spiro atoms. The molecule has 0 fully saturated rings. The lowest BCUT2D eigenvalue weighted by Gasteiger charge is -2.26. The van der Waals surface area contributed by atoms with Crippen molar-refractivity contribution in [1.29, 1.82) is 0 Å². The van der Waals surface area contributed by atoms with E-state index in [9.17, 15) is 9.59 Å². The fourth-order valence-electron chi connectivity index (χ4n) is 1.80. The van der Waals surface area contributed by atoms with Gasteiger partial charge >= 0.3 is 6.09 Å². The number of nitrogens with zero attached hydrogens (tertiary/aromatic N) is 1. The SMILES string of the molecule is C=CCN(Cc1cccs1)C(=O)C(C)NC(=O)OC(C)(C)C. The number of thiophene rings is 1. The first-order chi connectivity index (χ1) is 10.2. The zero-order chi connectivity index (χ0) is 16.8. The van der Waals surface area contributed by atoms with E-state index in [1.54, 1.807) is 50.0 Å². The quantitative estimate of drug-likeness (QED) is 0.818. The highest BCUT2D eigenvalue weighted by Gasteiger charge is 2.24. The summed E-state index contributed by atoms with van der Waals surface area (Å²) < 4.78 is 5.17. The van der Waals surface area contributed by atoms with Crippen LogP contribution in [0, 0.1) is 0 Å². The number of carbonyl (C=O) groups excluding carboxylic acids is 2. The first kappa shape index (κ1) is 18.2. The second kappa shape index (κ2) is 7.98. The van der Waals surface area contributed by atoms with Gasteiger partial charge in [-0.25, -0.2) is 4.79 Å². The predicted octanol–water partition coefficient (Wildman–Crippen LogP) is 3.18. The van der Waals surface area contributed by atoms with E-state index in [-0.39, 0.29) is 5.91 Å². The van der Waals surface area contributed by atoms with Crippen molar-refractivity contribution in [2.24, 2.45) is 0 Å². The van der Waals surface area contributed by atoms with Crippen molar-refractivity contribution >= 4 is 23.3 Å². The molecule has 1 unspecified atom stereocenters. The molecule has 0 aliphatic rings. The second-order valence-electron chi connectivity index (χ2n) is 5.95. The molecule has 0 aliphatic heterocycles. The Morgan fingerprint density at radius 1 is 1.50 bits per heavy atom. The first-order valence-electron chi connectivity index (χ1n) is 7.14. The van der Waals surface area contributed by atoms with Crippen LogP contribution >= 0.6 is 11.3 Å². The molecule has 1 atom stereocenters. The van der Waals surface area contributed by atoms with Crippen LogP contribution in [0.2, 0.25) is 0 Å². The number of carbonyl (C=O) groups is 2. The van der Waals surface area contributed by atoms with Gasteiger partial charge in [-0.1, -0.05) is 12.1 Å². The lowest BCUT2D eigenvalue weighted by molar-refractivity contribution is -0.133. The molecule has 1 aromatic rings. The van der Waals surface area contributed by atoms with Gasteiger partial charge < -0.3 is 15.0 Å². The van der Waals surface area contributed by atoms with E-state index in [1.165, 1.54) is 0 Å². The third kappa shape index (κ3) is 6.30. The molecule has 0 saturated carbocycles. The van der Waals surface area contributed by atoms with Crippen LogP contribution in [0.25, 0.3) is 0 Å². The van der Waals surface area contributed by atoms with Crippen LogP contribution in [0.3, 0.4) is 0 Å². The highest BCUT2D eigenvalue weighted by atomic mass is 32.1. The maximum atomic E-state index is 12.5. The van der Waals surface area contributed by atoms with E-state index in [0.717, 1.165) is 4.88 Å². The number of rotatable bonds is 6. The van der Waals surface area contributed by atoms with Gasteiger partial charge in [0.2, 0.25) is 5.91 Å². The molecule has 2 amide bonds. The summed E-state index contributed by atoms with van der Waals surface area (Å²) in [5.74, 6) is -0.167. The van der Waals surface area contributed by atoms with Crippen LogP contribution in [0.4, 0.5) is 4.79 Å². The summed E-state index contributed by atoms with van der Waals surface area (Å²) in [6.45, 7) is 11.6. The van der Waals surface area contributed by atoms with E-state index >= 15 is 0 Å². The number of nitrogens with one attached hydrogen (secondary N) is 1. The van der Waals surface area contributed by atoms with Crippen LogP contribution in [-0.2, 0) is 16.1 Å². The number of hydrogen-bond donors (Lipinski definition) is 1. The zero-order valence-corrected chi connectivity index (χ0v) is 14.4. The van der Waals surface area contributed by atoms with Crippen molar-refractivity contribution in [3.8, 4) is 0 Å². The fraction of sp³-hybridized carbons (Fsp3) is 0.500. The van der Waals surface area contributed by atoms with E-state index in [4.69, 9.17) is 4.74 Å². The van der Waals surface area contributed by atoms with Crippen LogP contribution in [-0.4, -0.2) is 35.1 Å². The summed E-state index contributed by atoms with van der Waals surface area (Å²) in [6.07, 6.45) is 1.08. The Bertz CT molecular complexity index is 506. The van der Waals surface area contributed by atoms with Crippen molar-refractivity contribution < 1.29 is 14.3 Å². The van der Waals surface area contributed by atoms with Gasteiger partial charge in [-0.2, -0.15) is 0 Å². The lowest BCUT2D eigenvalue weighted by atomic mass is 10.2. The summed E-state index contributed by atoms with van der Waals surface area (Å²) in [6, 6.07) is 3.26. The second-order valence-corrected chi connectivity index (χ2v) is 6.99. The molecular formula is C16H24N2O3S. The van der Waals surface area contributed by atoms with Gasteiger partial charge in [0.15, 0.2) is 0 Å². The van der Waals surface area contributed by atoms with E-state index in [0.29, 0.717) is 13.1 Å². The van der Waals surface area contributed by atoms with Crippen molar-refractivity contribution in [2.75, 3.05) is 6.54 Å². The molecule has 1 aromatic heterocycles. The van der Waals surface area contributed by atoms with Gasteiger partial charge in [-0.3, -0.25) is 4.79 Å². The van der Waals surface area contributed by atoms with Gasteiger partial charge in [0.1, 0.15) is 11.6 Å². The Labute approximate surface area is 136 Å². The van der Waals surface area contributed by atoms with Gasteiger partial charge in [-0.15, -0.1) is 17.9 Å². The van der Waals surface area contributed by atoms with Crippen molar-refractivity contribution in [3.05, 3.63) is 35.0 Å². The molecule has 1 N–H and O–H groups in total. The topological polar surface area (TPSA) is 58.6 Å².